The van der Waals surface area contributed by atoms with Gasteiger partial charge in [-0.1, -0.05) is 97.1 Å². The molecule has 1 aliphatic rings. The van der Waals surface area contributed by atoms with Gasteiger partial charge in [0.25, 0.3) is 0 Å². The number of nitrogens with zero attached hydrogens (tertiary/aromatic N) is 2. The second-order valence-electron chi connectivity index (χ2n) is 14.1. The monoisotopic (exact) mass is 726 g/mol. The number of benzene rings is 8. The lowest BCUT2D eigenvalue weighted by Crippen LogP contribution is -2.20. The molecule has 0 spiro atoms. The van der Waals surface area contributed by atoms with Crippen molar-refractivity contribution < 1.29 is 13.2 Å². The molecule has 6 heteroatoms. The predicted octanol–water partition coefficient (Wildman–Crippen LogP) is 11.6. The summed E-state index contributed by atoms with van der Waals surface area (Å²) in [6.07, 6.45) is 0. The first-order valence-corrected chi connectivity index (χ1v) is 19.7. The largest absolute Gasteiger partial charge is 0.309 e. The molecule has 260 valence electrons. The van der Waals surface area contributed by atoms with Crippen LogP contribution in [-0.4, -0.2) is 23.3 Å². The van der Waals surface area contributed by atoms with Crippen LogP contribution in [0.2, 0.25) is 0 Å². The molecule has 0 aliphatic carbocycles. The fourth-order valence-corrected chi connectivity index (χ4v) is 10.1. The molecule has 0 fully saturated rings. The van der Waals surface area contributed by atoms with Crippen LogP contribution in [0.4, 0.5) is 0 Å². The minimum absolute atomic E-state index is 0.0402. The van der Waals surface area contributed by atoms with Crippen LogP contribution in [0.5, 0.6) is 0 Å². The van der Waals surface area contributed by atoms with Crippen molar-refractivity contribution in [1.29, 1.82) is 0 Å². The van der Waals surface area contributed by atoms with E-state index >= 15 is 0 Å². The van der Waals surface area contributed by atoms with Crippen molar-refractivity contribution in [2.45, 2.75) is 9.79 Å². The van der Waals surface area contributed by atoms with Crippen molar-refractivity contribution in [3.05, 3.63) is 193 Å². The Hall–Kier alpha value is -7.02. The van der Waals surface area contributed by atoms with Crippen LogP contribution >= 0.6 is 0 Å². The molecule has 55 heavy (non-hydrogen) atoms. The van der Waals surface area contributed by atoms with Crippen LogP contribution in [0.25, 0.3) is 77.2 Å². The number of sulfone groups is 1. The van der Waals surface area contributed by atoms with E-state index in [9.17, 15) is 13.2 Å². The Bertz CT molecular complexity index is 3120. The van der Waals surface area contributed by atoms with Crippen LogP contribution in [0.15, 0.2) is 192 Å². The van der Waals surface area contributed by atoms with Crippen LogP contribution in [0, 0.1) is 0 Å². The van der Waals surface area contributed by atoms with E-state index in [1.54, 1.807) is 24.3 Å². The van der Waals surface area contributed by atoms with Gasteiger partial charge < -0.3 is 9.13 Å². The number of carbonyl (C=O) groups excluding carboxylic acids is 1. The van der Waals surface area contributed by atoms with Crippen molar-refractivity contribution in [1.82, 2.24) is 9.13 Å². The quantitative estimate of drug-likeness (QED) is 0.181. The van der Waals surface area contributed by atoms with Gasteiger partial charge in [0.15, 0.2) is 5.78 Å². The van der Waals surface area contributed by atoms with E-state index in [-0.39, 0.29) is 26.7 Å². The van der Waals surface area contributed by atoms with E-state index in [1.807, 2.05) is 84.9 Å². The first-order valence-electron chi connectivity index (χ1n) is 18.2. The molecule has 3 heterocycles. The van der Waals surface area contributed by atoms with E-state index < -0.39 is 9.84 Å². The Kier molecular flexibility index (Phi) is 6.72. The molecule has 0 amide bonds. The van der Waals surface area contributed by atoms with Gasteiger partial charge in [-0.2, -0.15) is 0 Å². The molecule has 0 radical (unpaired) electrons. The van der Waals surface area contributed by atoms with E-state index in [0.29, 0.717) is 0 Å². The van der Waals surface area contributed by atoms with E-state index in [4.69, 9.17) is 0 Å². The molecular formula is C49H30N2O3S. The second kappa shape index (κ2) is 11.7. The van der Waals surface area contributed by atoms with Gasteiger partial charge in [0.05, 0.1) is 31.9 Å². The van der Waals surface area contributed by atoms with Crippen molar-refractivity contribution in [3.63, 3.8) is 0 Å². The van der Waals surface area contributed by atoms with Crippen molar-refractivity contribution in [2.75, 3.05) is 0 Å². The minimum Gasteiger partial charge on any atom is -0.309 e. The zero-order chi connectivity index (χ0) is 36.8. The normalized spacial score (nSPS) is 13.4. The summed E-state index contributed by atoms with van der Waals surface area (Å²) in [5, 5.41) is 4.38. The van der Waals surface area contributed by atoms with Crippen LogP contribution in [0.1, 0.15) is 15.9 Å². The zero-order valence-corrected chi connectivity index (χ0v) is 30.2. The van der Waals surface area contributed by atoms with Crippen LogP contribution < -0.4 is 0 Å². The van der Waals surface area contributed by atoms with Crippen LogP contribution in [0.3, 0.4) is 0 Å². The number of hydrogen-bond acceptors (Lipinski definition) is 3. The molecule has 8 aromatic carbocycles. The highest BCUT2D eigenvalue weighted by Crippen LogP contribution is 2.41. The number of carbonyl (C=O) groups is 1. The van der Waals surface area contributed by atoms with Crippen molar-refractivity contribution >= 4 is 59.2 Å². The van der Waals surface area contributed by atoms with Crippen molar-refractivity contribution in [3.8, 4) is 33.6 Å². The maximum Gasteiger partial charge on any atom is 0.208 e. The lowest BCUT2D eigenvalue weighted by Gasteiger charge is -2.20. The van der Waals surface area contributed by atoms with E-state index in [0.717, 1.165) is 77.2 Å². The highest BCUT2D eigenvalue weighted by Gasteiger charge is 2.35. The summed E-state index contributed by atoms with van der Waals surface area (Å²) in [7, 11) is -3.94. The standard InChI is InChI=1S/C49H30N2O3S/c52-49-41-29-33(31-19-23-45-39(27-31)37-15-7-9-17-43(37)50(45)35-11-3-1-4-12-35)21-25-47(41)55(53,54)48-26-22-34(30-42(48)49)32-20-24-46-40(28-32)38-16-8-10-18-44(38)51(46)36-13-5-2-6-14-36/h1-30H. The third-order valence-corrected chi connectivity index (χ3v) is 12.9. The van der Waals surface area contributed by atoms with E-state index in [2.05, 4.69) is 81.9 Å². The molecule has 10 aromatic rings. The number of para-hydroxylation sites is 4. The molecule has 0 N–H and O–H groups in total. The molecule has 0 saturated heterocycles. The van der Waals surface area contributed by atoms with Gasteiger partial charge in [-0.3, -0.25) is 4.79 Å². The Morgan fingerprint density at radius 1 is 0.345 bits per heavy atom. The third-order valence-electron chi connectivity index (χ3n) is 11.1. The molecule has 0 atom stereocenters. The lowest BCUT2D eigenvalue weighted by atomic mass is 9.94. The summed E-state index contributed by atoms with van der Waals surface area (Å²) in [4.78, 5) is 14.5. The SMILES string of the molecule is O=C1c2cc(-c3ccc4c(c3)c3ccccc3n4-c3ccccc3)ccc2S(=O)(=O)c2ccc(-c3ccc4c(c3)c3ccccc3n4-c3ccccc3)cc21. The third kappa shape index (κ3) is 4.65. The molecule has 0 saturated carbocycles. The molecule has 0 unspecified atom stereocenters. The first-order chi connectivity index (χ1) is 27.0. The predicted molar refractivity (Wildman–Crippen MR) is 221 cm³/mol. The molecule has 0 bridgehead atoms. The van der Waals surface area contributed by atoms with Crippen LogP contribution in [-0.2, 0) is 9.84 Å². The number of aromatic nitrogens is 2. The fraction of sp³-hybridized carbons (Fsp3) is 0. The summed E-state index contributed by atoms with van der Waals surface area (Å²) in [5.74, 6) is -0.299. The first kappa shape index (κ1) is 31.5. The summed E-state index contributed by atoms with van der Waals surface area (Å²) in [6, 6.07) is 60.1. The maximum atomic E-state index is 14.4. The Morgan fingerprint density at radius 3 is 1.16 bits per heavy atom. The van der Waals surface area contributed by atoms with Gasteiger partial charge in [-0.05, 0) is 107 Å². The molecule has 2 aromatic heterocycles. The summed E-state index contributed by atoms with van der Waals surface area (Å²) in [6.45, 7) is 0. The van der Waals surface area contributed by atoms with E-state index in [1.165, 1.54) is 0 Å². The Morgan fingerprint density at radius 2 is 0.709 bits per heavy atom. The number of rotatable bonds is 4. The Balaban J connectivity index is 1.02. The van der Waals surface area contributed by atoms with Gasteiger partial charge in [0.1, 0.15) is 0 Å². The van der Waals surface area contributed by atoms with Crippen molar-refractivity contribution in [2.24, 2.45) is 0 Å². The average Bonchev–Trinajstić information content (AvgIpc) is 3.75. The number of ketones is 1. The molecule has 11 rings (SSSR count). The van der Waals surface area contributed by atoms with Gasteiger partial charge >= 0.3 is 0 Å². The number of fused-ring (bicyclic) bond motifs is 8. The topological polar surface area (TPSA) is 61.1 Å². The fourth-order valence-electron chi connectivity index (χ4n) is 8.52. The average molecular weight is 727 g/mol. The smallest absolute Gasteiger partial charge is 0.208 e. The highest BCUT2D eigenvalue weighted by molar-refractivity contribution is 7.91. The highest BCUT2D eigenvalue weighted by atomic mass is 32.2. The lowest BCUT2D eigenvalue weighted by molar-refractivity contribution is 0.103. The zero-order valence-electron chi connectivity index (χ0n) is 29.3. The van der Waals surface area contributed by atoms with Gasteiger partial charge in [0.2, 0.25) is 9.84 Å². The second-order valence-corrected chi connectivity index (χ2v) is 16.0. The summed E-state index contributed by atoms with van der Waals surface area (Å²) < 4.78 is 32.7. The van der Waals surface area contributed by atoms with Gasteiger partial charge in [-0.25, -0.2) is 8.42 Å². The summed E-state index contributed by atoms with van der Waals surface area (Å²) >= 11 is 0. The molecular weight excluding hydrogens is 697 g/mol. The molecule has 5 nitrogen and oxygen atoms in total. The van der Waals surface area contributed by atoms with Gasteiger partial charge in [-0.15, -0.1) is 0 Å². The number of hydrogen-bond donors (Lipinski definition) is 0. The van der Waals surface area contributed by atoms with Gasteiger partial charge in [0, 0.05) is 44.0 Å². The minimum atomic E-state index is -3.94. The maximum absolute atomic E-state index is 14.4. The Labute approximate surface area is 316 Å². The molecule has 1 aliphatic heterocycles. The summed E-state index contributed by atoms with van der Waals surface area (Å²) in [5.41, 5.74) is 10.2.